The van der Waals surface area contributed by atoms with Gasteiger partial charge in [0.25, 0.3) is 5.91 Å². The summed E-state index contributed by atoms with van der Waals surface area (Å²) >= 11 is 12.3. The first-order chi connectivity index (χ1) is 12.4. The van der Waals surface area contributed by atoms with Gasteiger partial charge < -0.3 is 9.52 Å². The van der Waals surface area contributed by atoms with E-state index >= 15 is 0 Å². The standard InChI is InChI=1S/C18H12ClNO4S2/c1-2-7-20-16(21)15(26-18(20)25)9-11-4-6-14(24-11)10-3-5-13(19)12(8-10)17(22)23/h2-6,8-9H,1,7H2,(H,22,23). The van der Waals surface area contributed by atoms with Gasteiger partial charge in [-0.15, -0.1) is 6.58 Å². The van der Waals surface area contributed by atoms with E-state index in [0.717, 1.165) is 0 Å². The van der Waals surface area contributed by atoms with Crippen molar-refractivity contribution >= 4 is 57.9 Å². The number of hydrogen-bond donors (Lipinski definition) is 1. The average Bonchev–Trinajstić information content (AvgIpc) is 3.16. The Balaban J connectivity index is 1.88. The maximum absolute atomic E-state index is 12.3. The Kier molecular flexibility index (Phi) is 5.31. The van der Waals surface area contributed by atoms with Crippen LogP contribution in [-0.4, -0.2) is 32.7 Å². The van der Waals surface area contributed by atoms with Crippen LogP contribution in [0.5, 0.6) is 0 Å². The Hall–Kier alpha value is -2.35. The molecular weight excluding hydrogens is 394 g/mol. The molecule has 0 spiro atoms. The molecule has 0 unspecified atom stereocenters. The van der Waals surface area contributed by atoms with Gasteiger partial charge in [-0.3, -0.25) is 9.69 Å². The fourth-order valence-corrected chi connectivity index (χ4v) is 3.80. The van der Waals surface area contributed by atoms with Gasteiger partial charge in [-0.1, -0.05) is 41.7 Å². The Bertz CT molecular complexity index is 964. The van der Waals surface area contributed by atoms with E-state index in [4.69, 9.17) is 33.3 Å². The van der Waals surface area contributed by atoms with Crippen molar-refractivity contribution in [1.82, 2.24) is 4.90 Å². The molecule has 0 radical (unpaired) electrons. The Morgan fingerprint density at radius 3 is 2.85 bits per heavy atom. The first kappa shape index (κ1) is 18.4. The third-order valence-electron chi connectivity index (χ3n) is 3.57. The second-order valence-corrected chi connectivity index (χ2v) is 7.37. The highest BCUT2D eigenvalue weighted by Gasteiger charge is 2.31. The predicted molar refractivity (Wildman–Crippen MR) is 106 cm³/mol. The van der Waals surface area contributed by atoms with Crippen LogP contribution in [0.4, 0.5) is 0 Å². The lowest BCUT2D eigenvalue weighted by atomic mass is 10.1. The van der Waals surface area contributed by atoms with Gasteiger partial charge in [-0.05, 0) is 30.3 Å². The number of amides is 1. The zero-order valence-corrected chi connectivity index (χ0v) is 15.7. The van der Waals surface area contributed by atoms with E-state index < -0.39 is 5.97 Å². The number of aromatic carboxylic acids is 1. The van der Waals surface area contributed by atoms with Crippen LogP contribution < -0.4 is 0 Å². The highest BCUT2D eigenvalue weighted by molar-refractivity contribution is 8.26. The van der Waals surface area contributed by atoms with Gasteiger partial charge in [0.2, 0.25) is 0 Å². The molecule has 1 aliphatic rings. The number of rotatable bonds is 5. The number of carboxylic acid groups (broad SMARTS) is 1. The summed E-state index contributed by atoms with van der Waals surface area (Å²) in [5, 5.41) is 9.32. The summed E-state index contributed by atoms with van der Waals surface area (Å²) in [5.74, 6) is -0.380. The summed E-state index contributed by atoms with van der Waals surface area (Å²) in [4.78, 5) is 25.4. The molecule has 132 valence electrons. The molecule has 0 aliphatic carbocycles. The Labute approximate surface area is 163 Å². The van der Waals surface area contributed by atoms with Gasteiger partial charge >= 0.3 is 5.97 Å². The van der Waals surface area contributed by atoms with Gasteiger partial charge in [0.15, 0.2) is 0 Å². The number of carboxylic acids is 1. The molecule has 2 aromatic rings. The highest BCUT2D eigenvalue weighted by atomic mass is 35.5. The van der Waals surface area contributed by atoms with E-state index in [-0.39, 0.29) is 16.5 Å². The van der Waals surface area contributed by atoms with Crippen LogP contribution in [0.15, 0.2) is 52.3 Å². The molecule has 2 heterocycles. The number of nitrogens with zero attached hydrogens (tertiary/aromatic N) is 1. The minimum atomic E-state index is -1.12. The predicted octanol–water partition coefficient (Wildman–Crippen LogP) is 4.69. The van der Waals surface area contributed by atoms with Crippen molar-refractivity contribution in [3.05, 3.63) is 64.2 Å². The third-order valence-corrected chi connectivity index (χ3v) is 5.27. The second-order valence-electron chi connectivity index (χ2n) is 5.28. The Morgan fingerprint density at radius 1 is 1.38 bits per heavy atom. The van der Waals surface area contributed by atoms with Gasteiger partial charge in [0.05, 0.1) is 15.5 Å². The molecule has 0 bridgehead atoms. The van der Waals surface area contributed by atoms with E-state index in [1.165, 1.54) is 28.8 Å². The molecule has 1 saturated heterocycles. The van der Waals surface area contributed by atoms with Crippen LogP contribution in [0.2, 0.25) is 5.02 Å². The average molecular weight is 406 g/mol. The third kappa shape index (κ3) is 3.60. The van der Waals surface area contributed by atoms with Crippen molar-refractivity contribution in [2.75, 3.05) is 6.54 Å². The minimum Gasteiger partial charge on any atom is -0.478 e. The topological polar surface area (TPSA) is 70.8 Å². The largest absolute Gasteiger partial charge is 0.478 e. The Morgan fingerprint density at radius 2 is 2.15 bits per heavy atom. The van der Waals surface area contributed by atoms with E-state index in [2.05, 4.69) is 6.58 Å². The molecule has 1 aliphatic heterocycles. The fourth-order valence-electron chi connectivity index (χ4n) is 2.34. The monoisotopic (exact) mass is 405 g/mol. The molecule has 1 aromatic carbocycles. The van der Waals surface area contributed by atoms with Crippen molar-refractivity contribution in [3.8, 4) is 11.3 Å². The number of thioether (sulfide) groups is 1. The second kappa shape index (κ2) is 7.49. The zero-order valence-electron chi connectivity index (χ0n) is 13.3. The summed E-state index contributed by atoms with van der Waals surface area (Å²) in [5.41, 5.74) is 0.568. The number of halogens is 1. The zero-order chi connectivity index (χ0) is 18.8. The highest BCUT2D eigenvalue weighted by Crippen LogP contribution is 2.34. The van der Waals surface area contributed by atoms with Gasteiger partial charge in [-0.2, -0.15) is 0 Å². The molecule has 1 amide bonds. The van der Waals surface area contributed by atoms with Gasteiger partial charge in [0.1, 0.15) is 15.8 Å². The normalized spacial score (nSPS) is 15.7. The lowest BCUT2D eigenvalue weighted by Gasteiger charge is -2.10. The summed E-state index contributed by atoms with van der Waals surface area (Å²) in [6.45, 7) is 3.97. The molecule has 0 saturated carbocycles. The summed E-state index contributed by atoms with van der Waals surface area (Å²) in [7, 11) is 0. The smallest absolute Gasteiger partial charge is 0.337 e. The SMILES string of the molecule is C=CCN1C(=O)C(=Cc2ccc(-c3ccc(Cl)c(C(=O)O)c3)o2)SC1=S. The first-order valence-electron chi connectivity index (χ1n) is 7.40. The van der Waals surface area contributed by atoms with Crippen LogP contribution >= 0.6 is 35.6 Å². The molecular formula is C18H12ClNO4S2. The van der Waals surface area contributed by atoms with Crippen LogP contribution in [-0.2, 0) is 4.79 Å². The summed E-state index contributed by atoms with van der Waals surface area (Å²) < 4.78 is 6.19. The summed E-state index contributed by atoms with van der Waals surface area (Å²) in [6, 6.07) is 8.01. The lowest BCUT2D eigenvalue weighted by Crippen LogP contribution is -2.27. The minimum absolute atomic E-state index is 0.00702. The molecule has 1 aromatic heterocycles. The molecule has 3 rings (SSSR count). The number of hydrogen-bond acceptors (Lipinski definition) is 5. The maximum Gasteiger partial charge on any atom is 0.337 e. The molecule has 1 N–H and O–H groups in total. The molecule has 5 nitrogen and oxygen atoms in total. The van der Waals surface area contributed by atoms with Crippen molar-refractivity contribution in [2.45, 2.75) is 0 Å². The van der Waals surface area contributed by atoms with Crippen LogP contribution in [0.1, 0.15) is 16.1 Å². The summed E-state index contributed by atoms with van der Waals surface area (Å²) in [6.07, 6.45) is 3.22. The number of furan rings is 1. The lowest BCUT2D eigenvalue weighted by molar-refractivity contribution is -0.121. The van der Waals surface area contributed by atoms with Crippen molar-refractivity contribution < 1.29 is 19.1 Å². The van der Waals surface area contributed by atoms with Crippen LogP contribution in [0.3, 0.4) is 0 Å². The van der Waals surface area contributed by atoms with Crippen molar-refractivity contribution in [1.29, 1.82) is 0 Å². The number of benzene rings is 1. The van der Waals surface area contributed by atoms with Gasteiger partial charge in [0, 0.05) is 18.2 Å². The van der Waals surface area contributed by atoms with Crippen molar-refractivity contribution in [2.24, 2.45) is 0 Å². The van der Waals surface area contributed by atoms with Crippen LogP contribution in [0.25, 0.3) is 17.4 Å². The van der Waals surface area contributed by atoms with Crippen molar-refractivity contribution in [3.63, 3.8) is 0 Å². The number of carbonyl (C=O) groups excluding carboxylic acids is 1. The van der Waals surface area contributed by atoms with E-state index in [1.807, 2.05) is 0 Å². The molecule has 8 heteroatoms. The van der Waals surface area contributed by atoms with E-state index in [0.29, 0.717) is 32.9 Å². The number of carbonyl (C=O) groups is 2. The first-order valence-corrected chi connectivity index (χ1v) is 9.00. The van der Waals surface area contributed by atoms with E-state index in [1.54, 1.807) is 30.4 Å². The maximum atomic E-state index is 12.3. The van der Waals surface area contributed by atoms with E-state index in [9.17, 15) is 9.59 Å². The molecule has 1 fully saturated rings. The molecule has 0 atom stereocenters. The quantitative estimate of drug-likeness (QED) is 0.442. The number of thiocarbonyl (C=S) groups is 1. The van der Waals surface area contributed by atoms with Crippen LogP contribution in [0, 0.1) is 0 Å². The molecule has 26 heavy (non-hydrogen) atoms. The fraction of sp³-hybridized carbons (Fsp3) is 0.0556. The van der Waals surface area contributed by atoms with Gasteiger partial charge in [-0.25, -0.2) is 4.79 Å².